The van der Waals surface area contributed by atoms with Gasteiger partial charge >= 0.3 is 0 Å². The second-order valence-electron chi connectivity index (χ2n) is 3.50. The van der Waals surface area contributed by atoms with Crippen LogP contribution in [0.4, 0.5) is 5.69 Å². The molecule has 0 fully saturated rings. The zero-order valence-corrected chi connectivity index (χ0v) is 9.40. The van der Waals surface area contributed by atoms with E-state index in [2.05, 4.69) is 16.0 Å². The van der Waals surface area contributed by atoms with E-state index < -0.39 is 0 Å². The van der Waals surface area contributed by atoms with Crippen LogP contribution < -0.4 is 0 Å². The summed E-state index contributed by atoms with van der Waals surface area (Å²) in [5, 5.41) is 0. The van der Waals surface area contributed by atoms with E-state index in [1.165, 1.54) is 0 Å². The van der Waals surface area contributed by atoms with Gasteiger partial charge in [0.1, 0.15) is 0 Å². The normalized spacial score (nSPS) is 9.87. The second kappa shape index (κ2) is 6.12. The van der Waals surface area contributed by atoms with Crippen LogP contribution in [-0.4, -0.2) is 19.2 Å². The standard InChI is InChI=1S/C12H16N2O/c1-10(2)13-9-14-12-7-5-4-6-11(12)8-15-3/h4-7,10H,8H2,1-3H3. The molecule has 1 aromatic carbocycles. The average Bonchev–Trinajstić information content (AvgIpc) is 2.20. The highest BCUT2D eigenvalue weighted by molar-refractivity contribution is 5.55. The lowest BCUT2D eigenvalue weighted by molar-refractivity contribution is 0.185. The predicted octanol–water partition coefficient (Wildman–Crippen LogP) is 3.05. The van der Waals surface area contributed by atoms with Crippen molar-refractivity contribution in [3.63, 3.8) is 0 Å². The Labute approximate surface area is 90.5 Å². The molecule has 0 aliphatic heterocycles. The molecule has 0 aliphatic rings. The summed E-state index contributed by atoms with van der Waals surface area (Å²) in [7, 11) is 1.67. The molecule has 0 bridgehead atoms. The molecule has 80 valence electrons. The molecule has 3 nitrogen and oxygen atoms in total. The molecule has 0 saturated carbocycles. The Balaban J connectivity index is 2.88. The number of hydrogen-bond donors (Lipinski definition) is 0. The van der Waals surface area contributed by atoms with Crippen molar-refractivity contribution in [1.29, 1.82) is 0 Å². The molecule has 0 aliphatic carbocycles. The van der Waals surface area contributed by atoms with Crippen molar-refractivity contribution >= 4 is 11.7 Å². The fraction of sp³-hybridized carbons (Fsp3) is 0.417. The summed E-state index contributed by atoms with van der Waals surface area (Å²) in [5.41, 5.74) is 1.91. The van der Waals surface area contributed by atoms with Gasteiger partial charge in [0.2, 0.25) is 0 Å². The first-order chi connectivity index (χ1) is 7.24. The van der Waals surface area contributed by atoms with Crippen LogP contribution in [0.3, 0.4) is 0 Å². The first-order valence-corrected chi connectivity index (χ1v) is 4.96. The van der Waals surface area contributed by atoms with Crippen molar-refractivity contribution < 1.29 is 4.74 Å². The van der Waals surface area contributed by atoms with Gasteiger partial charge in [-0.3, -0.25) is 0 Å². The molecular formula is C12H16N2O. The second-order valence-corrected chi connectivity index (χ2v) is 3.50. The summed E-state index contributed by atoms with van der Waals surface area (Å²) >= 11 is 0. The third-order valence-electron chi connectivity index (χ3n) is 1.78. The Hall–Kier alpha value is -1.44. The smallest absolute Gasteiger partial charge is 0.0951 e. The Morgan fingerprint density at radius 2 is 2.07 bits per heavy atom. The molecule has 0 radical (unpaired) electrons. The number of para-hydroxylation sites is 1. The highest BCUT2D eigenvalue weighted by atomic mass is 16.5. The molecule has 0 saturated heterocycles. The maximum Gasteiger partial charge on any atom is 0.0951 e. The van der Waals surface area contributed by atoms with Gasteiger partial charge < -0.3 is 4.74 Å². The van der Waals surface area contributed by atoms with Crippen molar-refractivity contribution in [3.8, 4) is 0 Å². The van der Waals surface area contributed by atoms with Crippen LogP contribution in [0.2, 0.25) is 0 Å². The van der Waals surface area contributed by atoms with Crippen molar-refractivity contribution in [3.05, 3.63) is 29.8 Å². The van der Waals surface area contributed by atoms with E-state index in [9.17, 15) is 0 Å². The average molecular weight is 204 g/mol. The van der Waals surface area contributed by atoms with Crippen molar-refractivity contribution in [2.45, 2.75) is 26.5 Å². The highest BCUT2D eigenvalue weighted by Gasteiger charge is 1.97. The number of aliphatic imine (C=N–C) groups is 2. The van der Waals surface area contributed by atoms with E-state index in [0.717, 1.165) is 11.3 Å². The van der Waals surface area contributed by atoms with Crippen molar-refractivity contribution in [2.75, 3.05) is 7.11 Å². The SMILES string of the molecule is COCc1ccccc1N=C=NC(C)C. The summed E-state index contributed by atoms with van der Waals surface area (Å²) < 4.78 is 5.08. The summed E-state index contributed by atoms with van der Waals surface area (Å²) in [6.07, 6.45) is 0. The minimum Gasteiger partial charge on any atom is -0.380 e. The molecule has 0 N–H and O–H groups in total. The Kier molecular flexibility index (Phi) is 4.75. The Morgan fingerprint density at radius 3 is 2.73 bits per heavy atom. The monoisotopic (exact) mass is 204 g/mol. The van der Waals surface area contributed by atoms with Crippen molar-refractivity contribution in [2.24, 2.45) is 9.98 Å². The molecule has 0 aromatic heterocycles. The van der Waals surface area contributed by atoms with E-state index >= 15 is 0 Å². The van der Waals surface area contributed by atoms with Crippen LogP contribution in [-0.2, 0) is 11.3 Å². The lowest BCUT2D eigenvalue weighted by Gasteiger charge is -2.01. The molecule has 15 heavy (non-hydrogen) atoms. The molecular weight excluding hydrogens is 188 g/mol. The van der Waals surface area contributed by atoms with Crippen LogP contribution in [0.5, 0.6) is 0 Å². The first kappa shape index (κ1) is 11.6. The van der Waals surface area contributed by atoms with Crippen LogP contribution in [0.15, 0.2) is 34.3 Å². The van der Waals surface area contributed by atoms with E-state index in [-0.39, 0.29) is 6.04 Å². The number of nitrogens with zero attached hydrogens (tertiary/aromatic N) is 2. The van der Waals surface area contributed by atoms with Gasteiger partial charge in [-0.05, 0) is 19.9 Å². The zero-order valence-electron chi connectivity index (χ0n) is 9.40. The van der Waals surface area contributed by atoms with Crippen LogP contribution in [0, 0.1) is 0 Å². The number of rotatable bonds is 4. The van der Waals surface area contributed by atoms with E-state index in [0.29, 0.717) is 6.61 Å². The van der Waals surface area contributed by atoms with Gasteiger partial charge in [-0.1, -0.05) is 18.2 Å². The number of ether oxygens (including phenoxy) is 1. The highest BCUT2D eigenvalue weighted by Crippen LogP contribution is 2.18. The van der Waals surface area contributed by atoms with Gasteiger partial charge in [0.25, 0.3) is 0 Å². The predicted molar refractivity (Wildman–Crippen MR) is 61.8 cm³/mol. The summed E-state index contributed by atoms with van der Waals surface area (Å²) in [5.74, 6) is 0. The Morgan fingerprint density at radius 1 is 1.33 bits per heavy atom. The summed E-state index contributed by atoms with van der Waals surface area (Å²) in [4.78, 5) is 8.23. The van der Waals surface area contributed by atoms with Gasteiger partial charge in [0, 0.05) is 12.7 Å². The fourth-order valence-electron chi connectivity index (χ4n) is 1.10. The Bertz CT molecular complexity index is 366. The van der Waals surface area contributed by atoms with E-state index in [1.54, 1.807) is 7.11 Å². The number of methoxy groups -OCH3 is 1. The number of hydrogen-bond acceptors (Lipinski definition) is 3. The summed E-state index contributed by atoms with van der Waals surface area (Å²) in [6.45, 7) is 4.54. The van der Waals surface area contributed by atoms with Gasteiger partial charge in [-0.2, -0.15) is 4.99 Å². The third kappa shape index (κ3) is 4.07. The molecule has 0 spiro atoms. The molecule has 0 atom stereocenters. The lowest BCUT2D eigenvalue weighted by atomic mass is 10.2. The molecule has 0 heterocycles. The largest absolute Gasteiger partial charge is 0.380 e. The molecule has 3 heteroatoms. The van der Waals surface area contributed by atoms with E-state index in [4.69, 9.17) is 4.74 Å². The minimum absolute atomic E-state index is 0.225. The van der Waals surface area contributed by atoms with Gasteiger partial charge in [0.05, 0.1) is 24.3 Å². The van der Waals surface area contributed by atoms with Gasteiger partial charge in [0.15, 0.2) is 0 Å². The van der Waals surface area contributed by atoms with Crippen LogP contribution >= 0.6 is 0 Å². The third-order valence-corrected chi connectivity index (χ3v) is 1.78. The molecule has 1 rings (SSSR count). The maximum atomic E-state index is 5.08. The minimum atomic E-state index is 0.225. The fourth-order valence-corrected chi connectivity index (χ4v) is 1.10. The first-order valence-electron chi connectivity index (χ1n) is 4.96. The summed E-state index contributed by atoms with van der Waals surface area (Å²) in [6, 6.07) is 10.7. The maximum absolute atomic E-state index is 5.08. The quantitative estimate of drug-likeness (QED) is 0.694. The molecule has 0 amide bonds. The van der Waals surface area contributed by atoms with Crippen molar-refractivity contribution in [1.82, 2.24) is 0 Å². The van der Waals surface area contributed by atoms with Crippen LogP contribution in [0.1, 0.15) is 19.4 Å². The molecule has 1 aromatic rings. The van der Waals surface area contributed by atoms with Crippen LogP contribution in [0.25, 0.3) is 0 Å². The van der Waals surface area contributed by atoms with Gasteiger partial charge in [-0.15, -0.1) is 0 Å². The van der Waals surface area contributed by atoms with Gasteiger partial charge in [-0.25, -0.2) is 4.99 Å². The van der Waals surface area contributed by atoms with E-state index in [1.807, 2.05) is 38.1 Å². The molecule has 0 unspecified atom stereocenters. The topological polar surface area (TPSA) is 34.0 Å². The zero-order chi connectivity index (χ0) is 11.1. The number of benzene rings is 1. The lowest BCUT2D eigenvalue weighted by Crippen LogP contribution is -1.88.